The Balaban J connectivity index is 1.89. The molecule has 1 aromatic carbocycles. The quantitative estimate of drug-likeness (QED) is 0.823. The van der Waals surface area contributed by atoms with Crippen molar-refractivity contribution in [1.29, 1.82) is 0 Å². The molecular weight excluding hydrogens is 302 g/mol. The number of benzene rings is 1. The van der Waals surface area contributed by atoms with Gasteiger partial charge in [-0.1, -0.05) is 12.1 Å². The number of carbonyl (C=O) groups excluding carboxylic acids is 1. The SMILES string of the molecule is O=C(c1[nH]ncc1F)N1CCc2c(cccc2C(F)(F)F)C1. The van der Waals surface area contributed by atoms with E-state index in [1.54, 1.807) is 6.07 Å². The second kappa shape index (κ2) is 5.11. The van der Waals surface area contributed by atoms with Gasteiger partial charge >= 0.3 is 6.18 Å². The van der Waals surface area contributed by atoms with E-state index in [2.05, 4.69) is 10.2 Å². The fraction of sp³-hybridized carbons (Fsp3) is 0.286. The number of hydrogen-bond donors (Lipinski definition) is 1. The summed E-state index contributed by atoms with van der Waals surface area (Å²) in [4.78, 5) is 13.5. The number of hydrogen-bond acceptors (Lipinski definition) is 2. The third-order valence-electron chi connectivity index (χ3n) is 3.67. The molecule has 1 aromatic heterocycles. The third-order valence-corrected chi connectivity index (χ3v) is 3.67. The van der Waals surface area contributed by atoms with Gasteiger partial charge in [-0.15, -0.1) is 0 Å². The molecule has 0 bridgehead atoms. The number of halogens is 4. The molecule has 1 aliphatic rings. The largest absolute Gasteiger partial charge is 0.416 e. The van der Waals surface area contributed by atoms with Gasteiger partial charge in [0.1, 0.15) is 0 Å². The van der Waals surface area contributed by atoms with E-state index in [1.165, 1.54) is 11.0 Å². The average molecular weight is 313 g/mol. The van der Waals surface area contributed by atoms with Crippen molar-refractivity contribution < 1.29 is 22.4 Å². The molecule has 0 radical (unpaired) electrons. The Morgan fingerprint density at radius 3 is 2.73 bits per heavy atom. The topological polar surface area (TPSA) is 49.0 Å². The summed E-state index contributed by atoms with van der Waals surface area (Å²) in [6.07, 6.45) is -3.47. The highest BCUT2D eigenvalue weighted by molar-refractivity contribution is 5.92. The average Bonchev–Trinajstić information content (AvgIpc) is 2.90. The van der Waals surface area contributed by atoms with Crippen LogP contribution in [0.15, 0.2) is 24.4 Å². The van der Waals surface area contributed by atoms with Crippen molar-refractivity contribution >= 4 is 5.91 Å². The van der Waals surface area contributed by atoms with Crippen LogP contribution in [-0.4, -0.2) is 27.5 Å². The van der Waals surface area contributed by atoms with E-state index in [0.717, 1.165) is 12.3 Å². The van der Waals surface area contributed by atoms with E-state index in [1.807, 2.05) is 0 Å². The van der Waals surface area contributed by atoms with Crippen molar-refractivity contribution in [1.82, 2.24) is 15.1 Å². The summed E-state index contributed by atoms with van der Waals surface area (Å²) in [6, 6.07) is 3.89. The highest BCUT2D eigenvalue weighted by Crippen LogP contribution is 2.35. The maximum absolute atomic E-state index is 13.4. The van der Waals surface area contributed by atoms with Crippen LogP contribution >= 0.6 is 0 Å². The van der Waals surface area contributed by atoms with Gasteiger partial charge in [0.2, 0.25) is 0 Å². The van der Waals surface area contributed by atoms with Crippen LogP contribution in [0.25, 0.3) is 0 Å². The molecule has 8 heteroatoms. The summed E-state index contributed by atoms with van der Waals surface area (Å²) in [5, 5.41) is 5.70. The monoisotopic (exact) mass is 313 g/mol. The van der Waals surface area contributed by atoms with Crippen LogP contribution in [0.1, 0.15) is 27.2 Å². The molecule has 0 saturated heterocycles. The van der Waals surface area contributed by atoms with E-state index in [0.29, 0.717) is 5.56 Å². The molecule has 0 atom stereocenters. The molecule has 2 heterocycles. The number of aromatic amines is 1. The van der Waals surface area contributed by atoms with Gasteiger partial charge < -0.3 is 4.90 Å². The Morgan fingerprint density at radius 2 is 2.09 bits per heavy atom. The van der Waals surface area contributed by atoms with Gasteiger partial charge in [0.05, 0.1) is 11.8 Å². The van der Waals surface area contributed by atoms with E-state index in [4.69, 9.17) is 0 Å². The van der Waals surface area contributed by atoms with Gasteiger partial charge in [0, 0.05) is 13.1 Å². The number of H-pyrrole nitrogens is 1. The van der Waals surface area contributed by atoms with Crippen molar-refractivity contribution in [3.8, 4) is 0 Å². The van der Waals surface area contributed by atoms with Gasteiger partial charge in [0.25, 0.3) is 5.91 Å². The molecule has 0 saturated carbocycles. The number of rotatable bonds is 1. The fourth-order valence-electron chi connectivity index (χ4n) is 2.63. The van der Waals surface area contributed by atoms with Gasteiger partial charge in [-0.05, 0) is 23.6 Å². The molecule has 2 aromatic rings. The molecular formula is C14H11F4N3O. The summed E-state index contributed by atoms with van der Waals surface area (Å²) in [6.45, 7) is 0.105. The Bertz CT molecular complexity index is 723. The fourth-order valence-corrected chi connectivity index (χ4v) is 2.63. The normalized spacial score (nSPS) is 14.8. The summed E-state index contributed by atoms with van der Waals surface area (Å²) in [7, 11) is 0. The number of fused-ring (bicyclic) bond motifs is 1. The molecule has 4 nitrogen and oxygen atoms in total. The summed E-state index contributed by atoms with van der Waals surface area (Å²) >= 11 is 0. The maximum atomic E-state index is 13.4. The first-order chi connectivity index (χ1) is 10.4. The minimum absolute atomic E-state index is 0.0105. The predicted octanol–water partition coefficient (Wildman–Crippen LogP) is 2.77. The number of carbonyl (C=O) groups is 1. The zero-order valence-electron chi connectivity index (χ0n) is 11.2. The highest BCUT2D eigenvalue weighted by atomic mass is 19.4. The molecule has 3 rings (SSSR count). The summed E-state index contributed by atoms with van der Waals surface area (Å²) < 4.78 is 52.3. The smallest absolute Gasteiger partial charge is 0.333 e. The zero-order chi connectivity index (χ0) is 15.9. The van der Waals surface area contributed by atoms with Crippen molar-refractivity contribution in [2.24, 2.45) is 0 Å². The summed E-state index contributed by atoms with van der Waals surface area (Å²) in [5.41, 5.74) is -0.335. The van der Waals surface area contributed by atoms with Crippen LogP contribution in [0.3, 0.4) is 0 Å². The third kappa shape index (κ3) is 2.44. The lowest BCUT2D eigenvalue weighted by Gasteiger charge is -2.30. The van der Waals surface area contributed by atoms with Crippen LogP contribution in [0.5, 0.6) is 0 Å². The second-order valence-electron chi connectivity index (χ2n) is 5.01. The standard InChI is InChI=1S/C14H11F4N3O/c15-11-6-19-20-12(11)13(22)21-5-4-9-8(7-21)2-1-3-10(9)14(16,17)18/h1-3,6H,4-5,7H2,(H,19,20). The van der Waals surface area contributed by atoms with Crippen molar-refractivity contribution in [3.63, 3.8) is 0 Å². The number of nitrogens with one attached hydrogen (secondary N) is 1. The molecule has 1 N–H and O–H groups in total. The molecule has 0 unspecified atom stereocenters. The van der Waals surface area contributed by atoms with E-state index in [-0.39, 0.29) is 30.8 Å². The lowest BCUT2D eigenvalue weighted by atomic mass is 9.94. The number of nitrogens with zero attached hydrogens (tertiary/aromatic N) is 2. The highest BCUT2D eigenvalue weighted by Gasteiger charge is 2.36. The molecule has 0 spiro atoms. The van der Waals surface area contributed by atoms with E-state index in [9.17, 15) is 22.4 Å². The van der Waals surface area contributed by atoms with Gasteiger partial charge in [0.15, 0.2) is 11.5 Å². The Hall–Kier alpha value is -2.38. The van der Waals surface area contributed by atoms with Crippen LogP contribution in [0.4, 0.5) is 17.6 Å². The first-order valence-corrected chi connectivity index (χ1v) is 6.54. The van der Waals surface area contributed by atoms with Gasteiger partial charge in [-0.3, -0.25) is 9.89 Å². The van der Waals surface area contributed by atoms with E-state index < -0.39 is 23.5 Å². The molecule has 1 aliphatic heterocycles. The first kappa shape index (κ1) is 14.6. The van der Waals surface area contributed by atoms with E-state index >= 15 is 0 Å². The minimum Gasteiger partial charge on any atom is -0.333 e. The second-order valence-corrected chi connectivity index (χ2v) is 5.01. The number of aromatic nitrogens is 2. The summed E-state index contributed by atoms with van der Waals surface area (Å²) in [5.74, 6) is -1.39. The molecule has 0 fully saturated rings. The zero-order valence-corrected chi connectivity index (χ0v) is 11.2. The molecule has 22 heavy (non-hydrogen) atoms. The van der Waals surface area contributed by atoms with Gasteiger partial charge in [-0.2, -0.15) is 18.3 Å². The molecule has 1 amide bonds. The molecule has 116 valence electrons. The Kier molecular flexibility index (Phi) is 3.38. The van der Waals surface area contributed by atoms with Crippen LogP contribution in [0, 0.1) is 5.82 Å². The van der Waals surface area contributed by atoms with Crippen LogP contribution in [-0.2, 0) is 19.1 Å². The predicted molar refractivity (Wildman–Crippen MR) is 68.4 cm³/mol. The Labute approximate surface area is 122 Å². The van der Waals surface area contributed by atoms with Crippen molar-refractivity contribution in [3.05, 3.63) is 52.6 Å². The Morgan fingerprint density at radius 1 is 1.32 bits per heavy atom. The van der Waals surface area contributed by atoms with Crippen molar-refractivity contribution in [2.75, 3.05) is 6.54 Å². The van der Waals surface area contributed by atoms with Crippen molar-refractivity contribution in [2.45, 2.75) is 19.1 Å². The van der Waals surface area contributed by atoms with Gasteiger partial charge in [-0.25, -0.2) is 4.39 Å². The minimum atomic E-state index is -4.42. The maximum Gasteiger partial charge on any atom is 0.416 e. The lowest BCUT2D eigenvalue weighted by Crippen LogP contribution is -2.37. The van der Waals surface area contributed by atoms with Crippen LogP contribution in [0.2, 0.25) is 0 Å². The number of alkyl halides is 3. The lowest BCUT2D eigenvalue weighted by molar-refractivity contribution is -0.138. The first-order valence-electron chi connectivity index (χ1n) is 6.54. The number of amides is 1. The molecule has 0 aliphatic carbocycles. The van der Waals surface area contributed by atoms with Crippen LogP contribution < -0.4 is 0 Å².